The van der Waals surface area contributed by atoms with E-state index in [-0.39, 0.29) is 6.54 Å². The molecule has 3 amide bonds. The summed E-state index contributed by atoms with van der Waals surface area (Å²) in [7, 11) is 0. The Morgan fingerprint density at radius 1 is 1.54 bits per heavy atom. The average molecular weight is 229 g/mol. The van der Waals surface area contributed by atoms with Crippen LogP contribution in [0.25, 0.3) is 0 Å². The lowest BCUT2D eigenvalue weighted by molar-refractivity contribution is -0.131. The second-order valence-corrected chi connectivity index (χ2v) is 3.14. The number of alkyl halides is 2. The summed E-state index contributed by atoms with van der Waals surface area (Å²) in [5, 5.41) is 10.6. The molecule has 13 heavy (non-hydrogen) atoms. The topological polar surface area (TPSA) is 69.6 Å². The Morgan fingerprint density at radius 2 is 2.08 bits per heavy atom. The number of urea groups is 1. The predicted molar refractivity (Wildman–Crippen MR) is 48.5 cm³/mol. The van der Waals surface area contributed by atoms with Gasteiger partial charge in [0.2, 0.25) is 0 Å². The molecular weight excluding hydrogens is 219 g/mol. The van der Waals surface area contributed by atoms with Crippen LogP contribution in [0.15, 0.2) is 0 Å². The molecule has 0 bridgehead atoms. The molecule has 0 aliphatic carbocycles. The van der Waals surface area contributed by atoms with Gasteiger partial charge in [0.1, 0.15) is 6.61 Å². The highest BCUT2D eigenvalue weighted by molar-refractivity contribution is 6.44. The van der Waals surface area contributed by atoms with Crippen molar-refractivity contribution in [3.8, 4) is 0 Å². The minimum Gasteiger partial charge on any atom is -0.387 e. The Morgan fingerprint density at radius 3 is 2.38 bits per heavy atom. The summed E-state index contributed by atoms with van der Waals surface area (Å²) in [5.74, 6) is -0.700. The van der Waals surface area contributed by atoms with E-state index < -0.39 is 23.5 Å². The van der Waals surface area contributed by atoms with Crippen LogP contribution >= 0.6 is 23.2 Å². The van der Waals surface area contributed by atoms with Crippen LogP contribution in [0.5, 0.6) is 0 Å². The molecule has 0 rings (SSSR count). The van der Waals surface area contributed by atoms with E-state index in [1.165, 1.54) is 0 Å². The fourth-order valence-corrected chi connectivity index (χ4v) is 0.877. The molecule has 0 radical (unpaired) electrons. The van der Waals surface area contributed by atoms with E-state index in [2.05, 4.69) is 5.32 Å². The van der Waals surface area contributed by atoms with Gasteiger partial charge in [0.05, 0.1) is 0 Å². The number of aliphatic hydroxyl groups is 1. The van der Waals surface area contributed by atoms with Crippen molar-refractivity contribution < 1.29 is 14.7 Å². The van der Waals surface area contributed by atoms with Gasteiger partial charge in [-0.15, -0.1) is 0 Å². The first-order chi connectivity index (χ1) is 6.02. The maximum absolute atomic E-state index is 11.1. The molecule has 0 heterocycles. The molecule has 76 valence electrons. The third-order valence-electron chi connectivity index (χ3n) is 1.23. The standard InChI is InChI=1S/C6H10Cl2N2O3/c1-2-10(4(12)3-11)6(13)9-5(7)8/h5,11H,2-3H2,1H3,(H,9,13). The molecule has 0 saturated heterocycles. The summed E-state index contributed by atoms with van der Waals surface area (Å²) in [6.07, 6.45) is 0. The van der Waals surface area contributed by atoms with E-state index >= 15 is 0 Å². The van der Waals surface area contributed by atoms with Gasteiger partial charge in [-0.3, -0.25) is 9.69 Å². The van der Waals surface area contributed by atoms with Crippen molar-refractivity contribution in [2.75, 3.05) is 13.2 Å². The van der Waals surface area contributed by atoms with Gasteiger partial charge in [0, 0.05) is 6.54 Å². The monoisotopic (exact) mass is 228 g/mol. The fourth-order valence-electron chi connectivity index (χ4n) is 0.690. The maximum atomic E-state index is 11.1. The van der Waals surface area contributed by atoms with E-state index in [9.17, 15) is 9.59 Å². The highest BCUT2D eigenvalue weighted by Gasteiger charge is 2.19. The maximum Gasteiger partial charge on any atom is 0.326 e. The summed E-state index contributed by atoms with van der Waals surface area (Å²) >= 11 is 10.5. The van der Waals surface area contributed by atoms with Crippen molar-refractivity contribution in [1.82, 2.24) is 10.2 Å². The van der Waals surface area contributed by atoms with E-state index in [1.54, 1.807) is 6.92 Å². The Kier molecular flexibility index (Phi) is 5.77. The zero-order valence-electron chi connectivity index (χ0n) is 6.96. The molecule has 0 spiro atoms. The number of carbonyl (C=O) groups is 2. The number of likely N-dealkylation sites (N-methyl/N-ethyl adjacent to an activating group) is 1. The lowest BCUT2D eigenvalue weighted by Crippen LogP contribution is -2.46. The van der Waals surface area contributed by atoms with Crippen LogP contribution in [0, 0.1) is 0 Å². The second-order valence-electron chi connectivity index (χ2n) is 2.05. The minimum atomic E-state index is -1.08. The Hall–Kier alpha value is -0.520. The van der Waals surface area contributed by atoms with Gasteiger partial charge < -0.3 is 10.4 Å². The fraction of sp³-hybridized carbons (Fsp3) is 0.667. The average Bonchev–Trinajstić information content (AvgIpc) is 2.03. The molecule has 2 N–H and O–H groups in total. The lowest BCUT2D eigenvalue weighted by Gasteiger charge is -2.18. The molecule has 5 nitrogen and oxygen atoms in total. The van der Waals surface area contributed by atoms with Crippen molar-refractivity contribution >= 4 is 35.1 Å². The highest BCUT2D eigenvalue weighted by Crippen LogP contribution is 1.98. The first-order valence-electron chi connectivity index (χ1n) is 3.52. The quantitative estimate of drug-likeness (QED) is 0.540. The minimum absolute atomic E-state index is 0.145. The van der Waals surface area contributed by atoms with Crippen LogP contribution < -0.4 is 5.32 Å². The summed E-state index contributed by atoms with van der Waals surface area (Å²) < 4.78 is 0. The molecule has 0 atom stereocenters. The summed E-state index contributed by atoms with van der Waals surface area (Å²) in [4.78, 5) is 21.7. The number of halogens is 2. The van der Waals surface area contributed by atoms with Crippen molar-refractivity contribution in [2.24, 2.45) is 0 Å². The van der Waals surface area contributed by atoms with Gasteiger partial charge in [0.15, 0.2) is 4.96 Å². The van der Waals surface area contributed by atoms with Crippen LogP contribution in [0.4, 0.5) is 4.79 Å². The van der Waals surface area contributed by atoms with Crippen LogP contribution in [-0.2, 0) is 4.79 Å². The molecule has 0 aromatic rings. The molecule has 0 aromatic carbocycles. The van der Waals surface area contributed by atoms with Gasteiger partial charge in [-0.25, -0.2) is 4.79 Å². The molecule has 0 unspecified atom stereocenters. The van der Waals surface area contributed by atoms with Crippen molar-refractivity contribution in [1.29, 1.82) is 0 Å². The van der Waals surface area contributed by atoms with Crippen molar-refractivity contribution in [2.45, 2.75) is 11.9 Å². The first-order valence-corrected chi connectivity index (χ1v) is 4.40. The van der Waals surface area contributed by atoms with Crippen LogP contribution in [0.3, 0.4) is 0 Å². The zero-order valence-corrected chi connectivity index (χ0v) is 8.47. The first kappa shape index (κ1) is 12.5. The smallest absolute Gasteiger partial charge is 0.326 e. The molecular formula is C6H10Cl2N2O3. The molecule has 0 fully saturated rings. The lowest BCUT2D eigenvalue weighted by atomic mass is 10.5. The van der Waals surface area contributed by atoms with E-state index in [1.807, 2.05) is 0 Å². The summed E-state index contributed by atoms with van der Waals surface area (Å²) in [6.45, 7) is 1.01. The largest absolute Gasteiger partial charge is 0.387 e. The van der Waals surface area contributed by atoms with Gasteiger partial charge in [-0.1, -0.05) is 23.2 Å². The number of hydrogen-bond acceptors (Lipinski definition) is 3. The molecule has 0 aromatic heterocycles. The number of hydrogen-bond donors (Lipinski definition) is 2. The summed E-state index contributed by atoms with van der Waals surface area (Å²) in [5.41, 5.74) is 0. The van der Waals surface area contributed by atoms with Gasteiger partial charge in [0.25, 0.3) is 5.91 Å². The third-order valence-corrected chi connectivity index (χ3v) is 1.45. The van der Waals surface area contributed by atoms with Crippen LogP contribution in [0.2, 0.25) is 0 Å². The molecule has 0 aliphatic heterocycles. The number of aliphatic hydroxyl groups excluding tert-OH is 1. The second kappa shape index (κ2) is 6.01. The van der Waals surface area contributed by atoms with Gasteiger partial charge in [-0.2, -0.15) is 0 Å². The van der Waals surface area contributed by atoms with Crippen LogP contribution in [-0.4, -0.2) is 40.1 Å². The van der Waals surface area contributed by atoms with Gasteiger partial charge in [-0.05, 0) is 6.92 Å². The Balaban J connectivity index is 4.23. The Labute approximate surface area is 85.6 Å². The van der Waals surface area contributed by atoms with Crippen LogP contribution in [0.1, 0.15) is 6.92 Å². The number of rotatable bonds is 3. The number of amides is 3. The van der Waals surface area contributed by atoms with Crippen molar-refractivity contribution in [3.05, 3.63) is 0 Å². The SMILES string of the molecule is CCN(C(=O)CO)C(=O)NC(Cl)Cl. The normalized spacial score (nSPS) is 9.92. The number of carbonyl (C=O) groups excluding carboxylic acids is 2. The highest BCUT2D eigenvalue weighted by atomic mass is 35.5. The Bertz CT molecular complexity index is 198. The third kappa shape index (κ3) is 4.31. The molecule has 0 saturated carbocycles. The predicted octanol–water partition coefficient (Wildman–Crippen LogP) is 0.298. The van der Waals surface area contributed by atoms with E-state index in [4.69, 9.17) is 28.3 Å². The number of nitrogens with zero attached hydrogens (tertiary/aromatic N) is 1. The van der Waals surface area contributed by atoms with E-state index in [0.717, 1.165) is 4.90 Å². The molecule has 7 heteroatoms. The van der Waals surface area contributed by atoms with E-state index in [0.29, 0.717) is 0 Å². The number of imide groups is 1. The number of nitrogens with one attached hydrogen (secondary N) is 1. The zero-order chi connectivity index (χ0) is 10.4. The molecule has 0 aliphatic rings. The van der Waals surface area contributed by atoms with Crippen molar-refractivity contribution in [3.63, 3.8) is 0 Å². The van der Waals surface area contributed by atoms with Gasteiger partial charge >= 0.3 is 6.03 Å². The summed E-state index contributed by atoms with van der Waals surface area (Å²) in [6, 6.07) is -0.725.